The second-order valence-corrected chi connectivity index (χ2v) is 12.6. The van der Waals surface area contributed by atoms with Crippen molar-refractivity contribution in [1.29, 1.82) is 0 Å². The average molecular weight is 470 g/mol. The molecule has 1 amide bonds. The number of anilines is 1. The van der Waals surface area contributed by atoms with E-state index in [9.17, 15) is 21.6 Å². The van der Waals surface area contributed by atoms with Crippen molar-refractivity contribution in [2.45, 2.75) is 23.6 Å². The van der Waals surface area contributed by atoms with Crippen LogP contribution in [0.1, 0.15) is 22.8 Å². The van der Waals surface area contributed by atoms with Gasteiger partial charge in [-0.25, -0.2) is 16.8 Å². The second kappa shape index (κ2) is 7.63. The Morgan fingerprint density at radius 3 is 2.37 bits per heavy atom. The molecule has 0 radical (unpaired) electrons. The summed E-state index contributed by atoms with van der Waals surface area (Å²) in [5, 5.41) is 1.73. The molecule has 0 N–H and O–H groups in total. The summed E-state index contributed by atoms with van der Waals surface area (Å²) in [5.74, 6) is -0.170. The summed E-state index contributed by atoms with van der Waals surface area (Å²) < 4.78 is 52.5. The Kier molecular flexibility index (Phi) is 5.41. The molecule has 3 heterocycles. The monoisotopic (exact) mass is 469 g/mol. The lowest BCUT2D eigenvalue weighted by molar-refractivity contribution is 0.0698. The largest absolute Gasteiger partial charge is 0.336 e. The molecule has 30 heavy (non-hydrogen) atoms. The maximum atomic E-state index is 13.0. The van der Waals surface area contributed by atoms with Gasteiger partial charge in [0.25, 0.3) is 15.9 Å². The highest BCUT2D eigenvalue weighted by Gasteiger charge is 2.34. The summed E-state index contributed by atoms with van der Waals surface area (Å²) in [7, 11) is -6.90. The molecule has 1 saturated heterocycles. The molecule has 1 aromatic heterocycles. The van der Waals surface area contributed by atoms with Crippen molar-refractivity contribution >= 4 is 43.0 Å². The summed E-state index contributed by atoms with van der Waals surface area (Å²) >= 11 is 1.18. The number of hydrogen-bond donors (Lipinski definition) is 0. The van der Waals surface area contributed by atoms with Crippen LogP contribution in [-0.2, 0) is 26.5 Å². The molecule has 0 aliphatic carbocycles. The number of hydrogen-bond acceptors (Lipinski definition) is 6. The third kappa shape index (κ3) is 3.75. The molecule has 1 fully saturated rings. The first-order valence-corrected chi connectivity index (χ1v) is 13.7. The predicted octanol–water partition coefficient (Wildman–Crippen LogP) is 1.61. The molecule has 1 atom stereocenters. The number of fused-ring (bicyclic) bond motifs is 1. The molecule has 8 nitrogen and oxygen atoms in total. The summed E-state index contributed by atoms with van der Waals surface area (Å²) in [6.07, 6.45) is 1.73. The SMILES string of the molecule is C[C@H]1Cc2cc(C(=O)N3CCN(S(=O)(=O)c4cccs4)CC3)ccc2N1S(C)(=O)=O. The van der Waals surface area contributed by atoms with Crippen molar-refractivity contribution in [1.82, 2.24) is 9.21 Å². The standard InChI is InChI=1S/C19H23N3O5S3/c1-14-12-16-13-15(5-6-17(16)22(14)29(2,24)25)19(23)20-7-9-21(10-8-20)30(26,27)18-4-3-11-28-18/h3-6,11,13-14H,7-10,12H2,1-2H3/t14-/m0/s1. The van der Waals surface area contributed by atoms with Gasteiger partial charge in [-0.05, 0) is 48.6 Å². The van der Waals surface area contributed by atoms with E-state index < -0.39 is 20.0 Å². The summed E-state index contributed by atoms with van der Waals surface area (Å²) in [6.45, 7) is 2.96. The number of thiophene rings is 1. The first-order chi connectivity index (χ1) is 14.1. The van der Waals surface area contributed by atoms with E-state index in [0.29, 0.717) is 35.0 Å². The van der Waals surface area contributed by atoms with Crippen LogP contribution in [0.15, 0.2) is 39.9 Å². The van der Waals surface area contributed by atoms with Crippen LogP contribution in [0.4, 0.5) is 5.69 Å². The van der Waals surface area contributed by atoms with Gasteiger partial charge in [-0.1, -0.05) is 6.07 Å². The van der Waals surface area contributed by atoms with E-state index in [-0.39, 0.29) is 25.0 Å². The van der Waals surface area contributed by atoms with Crippen molar-refractivity contribution in [3.8, 4) is 0 Å². The lowest BCUT2D eigenvalue weighted by Gasteiger charge is -2.33. The van der Waals surface area contributed by atoms with Crippen molar-refractivity contribution in [2.24, 2.45) is 0 Å². The fourth-order valence-corrected chi connectivity index (χ4v) is 7.92. The van der Waals surface area contributed by atoms with E-state index in [1.807, 2.05) is 6.92 Å². The van der Waals surface area contributed by atoms with Crippen LogP contribution >= 0.6 is 11.3 Å². The van der Waals surface area contributed by atoms with Crippen LogP contribution in [0.25, 0.3) is 0 Å². The number of carbonyl (C=O) groups is 1. The highest BCUT2D eigenvalue weighted by atomic mass is 32.2. The van der Waals surface area contributed by atoms with Crippen LogP contribution < -0.4 is 4.31 Å². The van der Waals surface area contributed by atoms with Crippen molar-refractivity contribution in [2.75, 3.05) is 36.7 Å². The van der Waals surface area contributed by atoms with Gasteiger partial charge in [0, 0.05) is 37.8 Å². The van der Waals surface area contributed by atoms with Gasteiger partial charge in [0.2, 0.25) is 10.0 Å². The molecular formula is C19H23N3O5S3. The van der Waals surface area contributed by atoms with Crippen LogP contribution in [-0.4, -0.2) is 70.4 Å². The lowest BCUT2D eigenvalue weighted by atomic mass is 10.1. The van der Waals surface area contributed by atoms with Crippen molar-refractivity contribution < 1.29 is 21.6 Å². The number of amides is 1. The normalized spacial score (nSPS) is 20.4. The Balaban J connectivity index is 1.48. The Morgan fingerprint density at radius 2 is 1.77 bits per heavy atom. The van der Waals surface area contributed by atoms with E-state index in [4.69, 9.17) is 0 Å². The molecule has 2 aliphatic rings. The molecular weight excluding hydrogens is 446 g/mol. The fourth-order valence-electron chi connectivity index (χ4n) is 4.09. The lowest BCUT2D eigenvalue weighted by Crippen LogP contribution is -2.50. The van der Waals surface area contributed by atoms with Gasteiger partial charge < -0.3 is 4.90 Å². The summed E-state index contributed by atoms with van der Waals surface area (Å²) in [5.41, 5.74) is 1.94. The van der Waals surface area contributed by atoms with Crippen molar-refractivity contribution in [3.05, 3.63) is 46.8 Å². The number of sulfonamides is 2. The zero-order chi connectivity index (χ0) is 21.7. The number of rotatable bonds is 4. The van der Waals surface area contributed by atoms with Gasteiger partial charge in [0.15, 0.2) is 0 Å². The maximum Gasteiger partial charge on any atom is 0.253 e. The first kappa shape index (κ1) is 21.3. The zero-order valence-corrected chi connectivity index (χ0v) is 19.1. The van der Waals surface area contributed by atoms with Gasteiger partial charge in [-0.2, -0.15) is 4.31 Å². The van der Waals surface area contributed by atoms with E-state index in [1.54, 1.807) is 40.6 Å². The molecule has 4 rings (SSSR count). The van der Waals surface area contributed by atoms with Gasteiger partial charge >= 0.3 is 0 Å². The van der Waals surface area contributed by atoms with E-state index in [1.165, 1.54) is 26.2 Å². The summed E-state index contributed by atoms with van der Waals surface area (Å²) in [6, 6.07) is 8.19. The van der Waals surface area contributed by atoms with Crippen LogP contribution in [0, 0.1) is 0 Å². The zero-order valence-electron chi connectivity index (χ0n) is 16.7. The second-order valence-electron chi connectivity index (χ2n) is 7.58. The van der Waals surface area contributed by atoms with E-state index in [2.05, 4.69) is 0 Å². The molecule has 162 valence electrons. The van der Waals surface area contributed by atoms with Crippen LogP contribution in [0.3, 0.4) is 0 Å². The molecule has 2 aromatic rings. The van der Waals surface area contributed by atoms with Gasteiger partial charge in [-0.3, -0.25) is 9.10 Å². The minimum absolute atomic E-state index is 0.170. The van der Waals surface area contributed by atoms with E-state index in [0.717, 1.165) is 5.56 Å². The average Bonchev–Trinajstić information content (AvgIpc) is 3.34. The molecule has 0 bridgehead atoms. The molecule has 0 saturated carbocycles. The minimum atomic E-state index is -3.52. The van der Waals surface area contributed by atoms with Gasteiger partial charge in [-0.15, -0.1) is 11.3 Å². The Hall–Kier alpha value is -1.95. The van der Waals surface area contributed by atoms with E-state index >= 15 is 0 Å². The smallest absolute Gasteiger partial charge is 0.253 e. The Morgan fingerprint density at radius 1 is 1.07 bits per heavy atom. The molecule has 0 unspecified atom stereocenters. The van der Waals surface area contributed by atoms with Crippen LogP contribution in [0.5, 0.6) is 0 Å². The van der Waals surface area contributed by atoms with Crippen LogP contribution in [0.2, 0.25) is 0 Å². The number of carbonyl (C=O) groups excluding carboxylic acids is 1. The maximum absolute atomic E-state index is 13.0. The Labute approximate surface area is 180 Å². The van der Waals surface area contributed by atoms with Gasteiger partial charge in [0.1, 0.15) is 4.21 Å². The quantitative estimate of drug-likeness (QED) is 0.678. The third-order valence-corrected chi connectivity index (χ3v) is 9.99. The summed E-state index contributed by atoms with van der Waals surface area (Å²) in [4.78, 5) is 14.6. The number of benzene rings is 1. The molecule has 2 aliphatic heterocycles. The minimum Gasteiger partial charge on any atom is -0.336 e. The third-order valence-electron chi connectivity index (χ3n) is 5.45. The molecule has 11 heteroatoms. The highest BCUT2D eigenvalue weighted by Crippen LogP contribution is 2.35. The predicted molar refractivity (Wildman–Crippen MR) is 116 cm³/mol. The number of nitrogens with zero attached hydrogens (tertiary/aromatic N) is 3. The topological polar surface area (TPSA) is 95.1 Å². The highest BCUT2D eigenvalue weighted by molar-refractivity contribution is 7.92. The number of piperazine rings is 1. The van der Waals surface area contributed by atoms with Crippen molar-refractivity contribution in [3.63, 3.8) is 0 Å². The Bertz CT molecular complexity index is 1170. The molecule has 0 spiro atoms. The fraction of sp³-hybridized carbons (Fsp3) is 0.421. The first-order valence-electron chi connectivity index (χ1n) is 9.54. The van der Waals surface area contributed by atoms with Gasteiger partial charge in [0.05, 0.1) is 11.9 Å². The molecule has 1 aromatic carbocycles.